The highest BCUT2D eigenvalue weighted by Gasteiger charge is 2.30. The Balaban J connectivity index is 0.00000195. The van der Waals surface area contributed by atoms with Crippen molar-refractivity contribution in [1.29, 1.82) is 0 Å². The Labute approximate surface area is 232 Å². The van der Waals surface area contributed by atoms with E-state index in [1.54, 1.807) is 6.08 Å². The second kappa shape index (κ2) is 14.4. The topological polar surface area (TPSA) is 35.6 Å². The predicted molar refractivity (Wildman–Crippen MR) is 161 cm³/mol. The number of allylic oxidation sites excluding steroid dienone is 2. The molecule has 3 aromatic rings. The Bertz CT molecular complexity index is 1240. The molecule has 0 aromatic heterocycles. The number of halogens is 1. The Morgan fingerprint density at radius 3 is 2.39 bits per heavy atom. The minimum atomic E-state index is -0.0667. The minimum Gasteiger partial charge on any atom is -0.319 e. The molecule has 1 saturated heterocycles. The van der Waals surface area contributed by atoms with Crippen LogP contribution in [0.15, 0.2) is 110 Å². The molecule has 1 atom stereocenters. The Morgan fingerprint density at radius 2 is 1.74 bits per heavy atom. The summed E-state index contributed by atoms with van der Waals surface area (Å²) < 4.78 is 0. The summed E-state index contributed by atoms with van der Waals surface area (Å²) in [5.74, 6) is 0. The second-order valence-corrected chi connectivity index (χ2v) is 9.74. The highest BCUT2D eigenvalue weighted by molar-refractivity contribution is 6.33. The third-order valence-electron chi connectivity index (χ3n) is 6.72. The molecule has 38 heavy (non-hydrogen) atoms. The van der Waals surface area contributed by atoms with Gasteiger partial charge in [0.15, 0.2) is 0 Å². The maximum atomic E-state index is 13.1. The first kappa shape index (κ1) is 29.0. The molecule has 0 radical (unpaired) electrons. The highest BCUT2D eigenvalue weighted by Crippen LogP contribution is 2.29. The van der Waals surface area contributed by atoms with Gasteiger partial charge < -0.3 is 10.2 Å². The van der Waals surface area contributed by atoms with Crippen molar-refractivity contribution in [2.75, 3.05) is 19.6 Å². The van der Waals surface area contributed by atoms with Gasteiger partial charge in [-0.05, 0) is 55.2 Å². The van der Waals surface area contributed by atoms with Gasteiger partial charge >= 0.3 is 6.03 Å². The molecule has 1 aliphatic heterocycles. The number of carbonyl (C=O) groups excluding carboxylic acids is 1. The normalized spacial score (nSPS) is 15.8. The number of aryl methyl sites for hydroxylation is 1. The second-order valence-electron chi connectivity index (χ2n) is 9.33. The van der Waals surface area contributed by atoms with Gasteiger partial charge in [0.1, 0.15) is 0 Å². The number of carbonyl (C=O) groups is 1. The molecule has 2 amide bonds. The van der Waals surface area contributed by atoms with E-state index in [-0.39, 0.29) is 12.1 Å². The van der Waals surface area contributed by atoms with Crippen LogP contribution in [0.3, 0.4) is 0 Å². The van der Waals surface area contributed by atoms with Crippen LogP contribution in [-0.4, -0.2) is 41.5 Å². The molecule has 0 bridgehead atoms. The van der Waals surface area contributed by atoms with Crippen molar-refractivity contribution in [3.8, 4) is 11.1 Å². The average molecular weight is 528 g/mol. The van der Waals surface area contributed by atoms with Crippen LogP contribution in [-0.2, 0) is 13.0 Å². The van der Waals surface area contributed by atoms with Gasteiger partial charge in [0, 0.05) is 42.5 Å². The maximum absolute atomic E-state index is 13.1. The molecule has 1 heterocycles. The quantitative estimate of drug-likeness (QED) is 0.253. The largest absolute Gasteiger partial charge is 0.322 e. The van der Waals surface area contributed by atoms with Gasteiger partial charge in [0.05, 0.1) is 6.04 Å². The van der Waals surface area contributed by atoms with Gasteiger partial charge in [-0.3, -0.25) is 4.90 Å². The van der Waals surface area contributed by atoms with Crippen LogP contribution in [0.25, 0.3) is 11.1 Å². The van der Waals surface area contributed by atoms with Crippen LogP contribution in [0.4, 0.5) is 4.79 Å². The van der Waals surface area contributed by atoms with E-state index in [0.717, 1.165) is 47.9 Å². The van der Waals surface area contributed by atoms with E-state index in [1.807, 2.05) is 36.1 Å². The Morgan fingerprint density at radius 1 is 1.03 bits per heavy atom. The molecular formula is C33H38ClN3O. The third kappa shape index (κ3) is 7.70. The van der Waals surface area contributed by atoms with E-state index >= 15 is 0 Å². The van der Waals surface area contributed by atoms with Gasteiger partial charge in [-0.25, -0.2) is 4.79 Å². The summed E-state index contributed by atoms with van der Waals surface area (Å²) in [6.45, 7) is 16.9. The summed E-state index contributed by atoms with van der Waals surface area (Å²) in [6.07, 6.45) is 4.35. The van der Waals surface area contributed by atoms with E-state index in [9.17, 15) is 4.79 Å². The number of rotatable bonds is 7. The molecule has 4 rings (SSSR count). The van der Waals surface area contributed by atoms with E-state index < -0.39 is 0 Å². The minimum absolute atomic E-state index is 0.0667. The fourth-order valence-electron chi connectivity index (χ4n) is 4.74. The van der Waals surface area contributed by atoms with Gasteiger partial charge in [-0.2, -0.15) is 0 Å². The van der Waals surface area contributed by atoms with Crippen LogP contribution < -0.4 is 5.32 Å². The zero-order valence-corrected chi connectivity index (χ0v) is 23.3. The fraction of sp³-hybridized carbons (Fsp3) is 0.242. The highest BCUT2D eigenvalue weighted by atomic mass is 35.5. The van der Waals surface area contributed by atoms with Crippen molar-refractivity contribution >= 4 is 17.6 Å². The summed E-state index contributed by atoms with van der Waals surface area (Å²) >= 11 is 6.44. The SMILES string of the molecule is C=C.C=C/C(=C\C)NC(=O)N1CCN(Cc2ccc(-c3cc(C)ccc3Cl)cc2)CC1Cc1ccccc1. The van der Waals surface area contributed by atoms with Crippen molar-refractivity contribution in [2.24, 2.45) is 0 Å². The number of nitrogens with zero attached hydrogens (tertiary/aromatic N) is 2. The molecule has 1 fully saturated rings. The lowest BCUT2D eigenvalue weighted by Crippen LogP contribution is -2.57. The van der Waals surface area contributed by atoms with Crippen LogP contribution in [0.5, 0.6) is 0 Å². The summed E-state index contributed by atoms with van der Waals surface area (Å²) in [5, 5.41) is 3.76. The smallest absolute Gasteiger partial charge is 0.319 e. The maximum Gasteiger partial charge on any atom is 0.322 e. The van der Waals surface area contributed by atoms with Gasteiger partial charge in [0.2, 0.25) is 0 Å². The number of hydrogen-bond donors (Lipinski definition) is 1. The van der Waals surface area contributed by atoms with Crippen LogP contribution in [0, 0.1) is 6.92 Å². The number of nitrogens with one attached hydrogen (secondary N) is 1. The molecule has 1 aliphatic rings. The number of hydrogen-bond acceptors (Lipinski definition) is 2. The number of amides is 2. The predicted octanol–water partition coefficient (Wildman–Crippen LogP) is 7.65. The van der Waals surface area contributed by atoms with E-state index in [4.69, 9.17) is 11.6 Å². The average Bonchev–Trinajstić information content (AvgIpc) is 2.95. The first-order valence-corrected chi connectivity index (χ1v) is 13.3. The van der Waals surface area contributed by atoms with Gasteiger partial charge in [-0.15, -0.1) is 13.2 Å². The molecule has 5 heteroatoms. The van der Waals surface area contributed by atoms with Crippen molar-refractivity contribution in [1.82, 2.24) is 15.1 Å². The zero-order valence-electron chi connectivity index (χ0n) is 22.5. The van der Waals surface area contributed by atoms with E-state index in [2.05, 4.69) is 91.5 Å². The van der Waals surface area contributed by atoms with Gasteiger partial charge in [0.25, 0.3) is 0 Å². The van der Waals surface area contributed by atoms with Crippen LogP contribution in [0.2, 0.25) is 5.02 Å². The fourth-order valence-corrected chi connectivity index (χ4v) is 4.96. The summed E-state index contributed by atoms with van der Waals surface area (Å²) in [5.41, 5.74) is 6.59. The molecule has 4 nitrogen and oxygen atoms in total. The summed E-state index contributed by atoms with van der Waals surface area (Å²) in [6, 6.07) is 25.2. The molecule has 3 aromatic carbocycles. The van der Waals surface area contributed by atoms with E-state index in [1.165, 1.54) is 16.7 Å². The first-order chi connectivity index (χ1) is 18.5. The Hall–Kier alpha value is -3.60. The van der Waals surface area contributed by atoms with Crippen LogP contribution in [0.1, 0.15) is 23.6 Å². The van der Waals surface area contributed by atoms with Crippen molar-refractivity contribution in [3.05, 3.63) is 132 Å². The van der Waals surface area contributed by atoms with Crippen molar-refractivity contribution in [3.63, 3.8) is 0 Å². The first-order valence-electron chi connectivity index (χ1n) is 12.9. The number of piperazine rings is 1. The molecule has 198 valence electrons. The lowest BCUT2D eigenvalue weighted by atomic mass is 10.0. The summed E-state index contributed by atoms with van der Waals surface area (Å²) in [4.78, 5) is 17.5. The van der Waals surface area contributed by atoms with E-state index in [0.29, 0.717) is 6.54 Å². The summed E-state index contributed by atoms with van der Waals surface area (Å²) in [7, 11) is 0. The molecule has 1 unspecified atom stereocenters. The standard InChI is InChI=1S/C31H34ClN3O.C2H4/c1-4-27(5-2)33-31(36)35-18-17-34(22-28(35)20-24-9-7-6-8-10-24)21-25-12-14-26(15-13-25)29-19-23(3)11-16-30(29)32;1-2/h4-16,19,28H,1,17-18,20-22H2,2-3H3,(H,33,36);1-2H2/b27-5+;. The molecule has 0 spiro atoms. The monoisotopic (exact) mass is 527 g/mol. The number of benzene rings is 3. The van der Waals surface area contributed by atoms with Crippen LogP contribution >= 0.6 is 11.6 Å². The van der Waals surface area contributed by atoms with Crippen molar-refractivity contribution in [2.45, 2.75) is 32.9 Å². The van der Waals surface area contributed by atoms with Crippen molar-refractivity contribution < 1.29 is 4.79 Å². The molecule has 0 saturated carbocycles. The Kier molecular flexibility index (Phi) is 11.0. The molecule has 0 aliphatic carbocycles. The van der Waals surface area contributed by atoms with Gasteiger partial charge in [-0.1, -0.05) is 90.5 Å². The molecule has 1 N–H and O–H groups in total. The third-order valence-corrected chi connectivity index (χ3v) is 7.05. The lowest BCUT2D eigenvalue weighted by molar-refractivity contribution is 0.0910. The lowest BCUT2D eigenvalue weighted by Gasteiger charge is -2.41. The number of urea groups is 1. The zero-order chi connectivity index (χ0) is 27.5. The molecular weight excluding hydrogens is 490 g/mol.